The Labute approximate surface area is 163 Å². The van der Waals surface area contributed by atoms with Crippen LogP contribution in [0.3, 0.4) is 0 Å². The first kappa shape index (κ1) is 20.6. The van der Waals surface area contributed by atoms with Gasteiger partial charge in [0.15, 0.2) is 9.84 Å². The highest BCUT2D eigenvalue weighted by molar-refractivity contribution is 9.10. The van der Waals surface area contributed by atoms with Gasteiger partial charge in [0.05, 0.1) is 11.4 Å². The second-order valence-electron chi connectivity index (χ2n) is 6.68. The van der Waals surface area contributed by atoms with Gasteiger partial charge in [-0.3, -0.25) is 9.48 Å². The lowest BCUT2D eigenvalue weighted by atomic mass is 10.2. The van der Waals surface area contributed by atoms with E-state index in [-0.39, 0.29) is 11.7 Å². The topological polar surface area (TPSA) is 81.1 Å². The van der Waals surface area contributed by atoms with Crippen LogP contribution in [0.25, 0.3) is 0 Å². The minimum Gasteiger partial charge on any atom is -0.355 e. The maximum atomic E-state index is 12.2. The molecule has 6 nitrogen and oxygen atoms in total. The minimum atomic E-state index is -3.51. The van der Waals surface area contributed by atoms with Gasteiger partial charge in [-0.1, -0.05) is 35.0 Å². The Morgan fingerprint density at radius 2 is 2.04 bits per heavy atom. The number of sulfone groups is 1. The van der Waals surface area contributed by atoms with E-state index in [1.54, 1.807) is 18.2 Å². The highest BCUT2D eigenvalue weighted by atomic mass is 79.9. The summed E-state index contributed by atoms with van der Waals surface area (Å²) in [5, 5.41) is 7.11. The molecule has 0 saturated carbocycles. The number of carbonyl (C=O) groups is 1. The lowest BCUT2D eigenvalue weighted by molar-refractivity contribution is -0.118. The fourth-order valence-corrected chi connectivity index (χ4v) is 4.43. The van der Waals surface area contributed by atoms with Gasteiger partial charge in [0.25, 0.3) is 0 Å². The summed E-state index contributed by atoms with van der Waals surface area (Å²) in [7, 11) is -3.51. The molecule has 0 saturated heterocycles. The fourth-order valence-electron chi connectivity index (χ4n) is 2.69. The molecule has 0 aliphatic heterocycles. The molecule has 0 fully saturated rings. The van der Waals surface area contributed by atoms with Gasteiger partial charge in [-0.25, -0.2) is 8.42 Å². The van der Waals surface area contributed by atoms with Crippen molar-refractivity contribution in [3.8, 4) is 0 Å². The summed E-state index contributed by atoms with van der Waals surface area (Å²) in [5.74, 6) is -0.988. The molecule has 2 aromatic rings. The van der Waals surface area contributed by atoms with Crippen molar-refractivity contribution in [2.24, 2.45) is 5.92 Å². The average molecular weight is 442 g/mol. The zero-order valence-electron chi connectivity index (χ0n) is 15.2. The quantitative estimate of drug-likeness (QED) is 0.682. The predicted octanol–water partition coefficient (Wildman–Crippen LogP) is 2.63. The second kappa shape index (κ2) is 8.81. The Bertz CT molecular complexity index is 878. The van der Waals surface area contributed by atoms with Crippen molar-refractivity contribution in [2.75, 3.05) is 12.3 Å². The summed E-state index contributed by atoms with van der Waals surface area (Å²) in [5.41, 5.74) is 2.68. The molecule has 26 heavy (non-hydrogen) atoms. The number of halogens is 1. The van der Waals surface area contributed by atoms with Crippen LogP contribution in [0.1, 0.15) is 23.9 Å². The monoisotopic (exact) mass is 441 g/mol. The van der Waals surface area contributed by atoms with Gasteiger partial charge in [-0.05, 0) is 43.5 Å². The van der Waals surface area contributed by atoms with E-state index >= 15 is 0 Å². The van der Waals surface area contributed by atoms with Crippen molar-refractivity contribution in [1.82, 2.24) is 15.1 Å². The summed E-state index contributed by atoms with van der Waals surface area (Å²) >= 11 is 3.31. The molecule has 142 valence electrons. The summed E-state index contributed by atoms with van der Waals surface area (Å²) in [6.45, 7) is 6.99. The van der Waals surface area contributed by atoms with Crippen LogP contribution in [0.4, 0.5) is 0 Å². The van der Waals surface area contributed by atoms with Crippen LogP contribution >= 0.6 is 15.9 Å². The smallest absolute Gasteiger partial charge is 0.235 e. The van der Waals surface area contributed by atoms with Gasteiger partial charge in [0.1, 0.15) is 5.75 Å². The van der Waals surface area contributed by atoms with Crippen LogP contribution in [0.15, 0.2) is 34.8 Å². The van der Waals surface area contributed by atoms with Gasteiger partial charge >= 0.3 is 0 Å². The lowest BCUT2D eigenvalue weighted by Gasteiger charge is -2.14. The molecule has 1 aromatic carbocycles. The van der Waals surface area contributed by atoms with E-state index in [1.807, 2.05) is 37.6 Å². The number of aromatic nitrogens is 2. The maximum Gasteiger partial charge on any atom is 0.235 e. The van der Waals surface area contributed by atoms with E-state index in [0.717, 1.165) is 15.9 Å². The zero-order chi connectivity index (χ0) is 19.3. The average Bonchev–Trinajstić information content (AvgIpc) is 2.82. The zero-order valence-corrected chi connectivity index (χ0v) is 17.6. The number of hydrogen-bond acceptors (Lipinski definition) is 4. The fraction of sp³-hybridized carbons (Fsp3) is 0.444. The van der Waals surface area contributed by atoms with E-state index in [1.165, 1.54) is 0 Å². The number of nitrogens with one attached hydrogen (secondary N) is 1. The van der Waals surface area contributed by atoms with Crippen molar-refractivity contribution in [3.05, 3.63) is 51.8 Å². The van der Waals surface area contributed by atoms with Crippen LogP contribution in [-0.2, 0) is 26.9 Å². The molecule has 1 N–H and O–H groups in total. The first-order chi connectivity index (χ1) is 12.1. The predicted molar refractivity (Wildman–Crippen MR) is 106 cm³/mol. The minimum absolute atomic E-state index is 0.143. The molecule has 8 heteroatoms. The van der Waals surface area contributed by atoms with E-state index in [2.05, 4.69) is 26.3 Å². The van der Waals surface area contributed by atoms with Crippen LogP contribution < -0.4 is 5.32 Å². The first-order valence-electron chi connectivity index (χ1n) is 8.37. The number of carbonyl (C=O) groups excluding carboxylic acids is 1. The largest absolute Gasteiger partial charge is 0.355 e. The van der Waals surface area contributed by atoms with Crippen molar-refractivity contribution >= 4 is 31.7 Å². The first-order valence-corrected chi connectivity index (χ1v) is 11.0. The highest BCUT2D eigenvalue weighted by Crippen LogP contribution is 2.14. The van der Waals surface area contributed by atoms with E-state index in [4.69, 9.17) is 0 Å². The van der Waals surface area contributed by atoms with E-state index in [0.29, 0.717) is 18.7 Å². The SMILES string of the molecule is Cc1cc(C)n(CC(C)CNC(=O)CS(=O)(=O)Cc2cccc(Br)c2)n1. The standard InChI is InChI=1S/C18H24BrN3O3S/c1-13(10-22-15(3)7-14(2)21-22)9-20-18(23)12-26(24,25)11-16-5-4-6-17(19)8-16/h4-8,13H,9-12H2,1-3H3,(H,20,23). The molecule has 0 spiro atoms. The van der Waals surface area contributed by atoms with Crippen LogP contribution in [0.2, 0.25) is 0 Å². The van der Waals surface area contributed by atoms with Gasteiger partial charge in [0.2, 0.25) is 5.91 Å². The molecule has 0 aliphatic carbocycles. The summed E-state index contributed by atoms with van der Waals surface area (Å²) in [4.78, 5) is 12.0. The Morgan fingerprint density at radius 1 is 1.31 bits per heavy atom. The lowest BCUT2D eigenvalue weighted by Crippen LogP contribution is -2.35. The molecular formula is C18H24BrN3O3S. The normalized spacial score (nSPS) is 12.8. The Balaban J connectivity index is 1.82. The van der Waals surface area contributed by atoms with Crippen molar-refractivity contribution in [1.29, 1.82) is 0 Å². The Morgan fingerprint density at radius 3 is 2.65 bits per heavy atom. The van der Waals surface area contributed by atoms with Crippen LogP contribution in [0.5, 0.6) is 0 Å². The third-order valence-corrected chi connectivity index (χ3v) is 5.83. The second-order valence-corrected chi connectivity index (χ2v) is 9.66. The molecule has 1 aromatic heterocycles. The van der Waals surface area contributed by atoms with E-state index < -0.39 is 21.5 Å². The number of aryl methyl sites for hydroxylation is 2. The van der Waals surface area contributed by atoms with Gasteiger partial charge < -0.3 is 5.32 Å². The summed E-state index contributed by atoms with van der Waals surface area (Å²) in [6.07, 6.45) is 0. The molecule has 1 amide bonds. The molecule has 0 bridgehead atoms. The third kappa shape index (κ3) is 6.57. The third-order valence-electron chi connectivity index (χ3n) is 3.86. The van der Waals surface area contributed by atoms with Crippen molar-refractivity contribution in [3.63, 3.8) is 0 Å². The molecule has 1 atom stereocenters. The summed E-state index contributed by atoms with van der Waals surface area (Å²) < 4.78 is 27.1. The number of benzene rings is 1. The maximum absolute atomic E-state index is 12.2. The van der Waals surface area contributed by atoms with Gasteiger partial charge in [-0.15, -0.1) is 0 Å². The van der Waals surface area contributed by atoms with Gasteiger partial charge in [0, 0.05) is 23.3 Å². The molecule has 1 heterocycles. The Hall–Kier alpha value is -1.67. The number of nitrogens with zero attached hydrogens (tertiary/aromatic N) is 2. The highest BCUT2D eigenvalue weighted by Gasteiger charge is 2.18. The number of rotatable bonds is 8. The molecule has 0 aliphatic rings. The number of amides is 1. The van der Waals surface area contributed by atoms with Crippen LogP contribution in [-0.4, -0.2) is 36.4 Å². The molecule has 1 unspecified atom stereocenters. The van der Waals surface area contributed by atoms with Gasteiger partial charge in [-0.2, -0.15) is 5.10 Å². The van der Waals surface area contributed by atoms with Crippen LogP contribution in [0, 0.1) is 19.8 Å². The number of hydrogen-bond donors (Lipinski definition) is 1. The van der Waals surface area contributed by atoms with Crippen molar-refractivity contribution in [2.45, 2.75) is 33.1 Å². The molecule has 0 radical (unpaired) electrons. The van der Waals surface area contributed by atoms with E-state index in [9.17, 15) is 13.2 Å². The molecule has 2 rings (SSSR count). The Kier molecular flexibility index (Phi) is 7.00. The summed E-state index contributed by atoms with van der Waals surface area (Å²) in [6, 6.07) is 9.07. The molecular weight excluding hydrogens is 418 g/mol. The van der Waals surface area contributed by atoms with Crippen molar-refractivity contribution < 1.29 is 13.2 Å².